The second kappa shape index (κ2) is 8.12. The number of aromatic nitrogens is 1. The molecule has 1 aliphatic carbocycles. The third kappa shape index (κ3) is 4.26. The smallest absolute Gasteiger partial charge is 0.255 e. The zero-order chi connectivity index (χ0) is 21.3. The number of nitrogens with one attached hydrogen (secondary N) is 2. The number of anilines is 2. The van der Waals surface area contributed by atoms with Crippen LogP contribution in [0.5, 0.6) is 0 Å². The van der Waals surface area contributed by atoms with Gasteiger partial charge in [-0.1, -0.05) is 17.7 Å². The minimum absolute atomic E-state index is 0.00325. The Morgan fingerprint density at radius 2 is 1.67 bits per heavy atom. The van der Waals surface area contributed by atoms with Crippen molar-refractivity contribution >= 4 is 34.8 Å². The fraction of sp³-hybridized carbons (Fsp3) is 0.136. The SMILES string of the molecule is O=C(Nc1ccc(Cl)cc1)C1CC1C(=O)Nc1ccc(-n2ccccc2=O)cc1F. The fourth-order valence-corrected chi connectivity index (χ4v) is 3.29. The second-order valence-electron chi connectivity index (χ2n) is 7.01. The van der Waals surface area contributed by atoms with Crippen molar-refractivity contribution in [3.8, 4) is 5.69 Å². The highest BCUT2D eigenvalue weighted by Crippen LogP contribution is 2.40. The number of benzene rings is 2. The summed E-state index contributed by atoms with van der Waals surface area (Å²) in [5, 5.41) is 5.82. The molecule has 2 amide bonds. The van der Waals surface area contributed by atoms with E-state index in [-0.39, 0.29) is 17.2 Å². The third-order valence-electron chi connectivity index (χ3n) is 4.89. The lowest BCUT2D eigenvalue weighted by Gasteiger charge is -2.10. The number of amides is 2. The van der Waals surface area contributed by atoms with Gasteiger partial charge < -0.3 is 10.6 Å². The first-order chi connectivity index (χ1) is 14.4. The standard InChI is InChI=1S/C22H17ClFN3O3/c23-13-4-6-14(7-5-13)25-21(29)16-12-17(16)22(30)26-19-9-8-15(11-18(19)24)27-10-2-1-3-20(27)28/h1-11,16-17H,12H2,(H,25,29)(H,26,30). The van der Waals surface area contributed by atoms with Crippen molar-refractivity contribution in [2.24, 2.45) is 11.8 Å². The Balaban J connectivity index is 1.39. The predicted octanol–water partition coefficient (Wildman–Crippen LogP) is 3.84. The van der Waals surface area contributed by atoms with Crippen LogP contribution in [0.25, 0.3) is 5.69 Å². The average Bonchev–Trinajstić information content (AvgIpc) is 3.53. The van der Waals surface area contributed by atoms with Crippen LogP contribution in [0, 0.1) is 17.7 Å². The van der Waals surface area contributed by atoms with E-state index in [2.05, 4.69) is 10.6 Å². The molecular formula is C22H17ClFN3O3. The van der Waals surface area contributed by atoms with Gasteiger partial charge in [0.1, 0.15) is 5.82 Å². The van der Waals surface area contributed by atoms with E-state index in [4.69, 9.17) is 11.6 Å². The van der Waals surface area contributed by atoms with Gasteiger partial charge in [0.25, 0.3) is 5.56 Å². The first-order valence-corrected chi connectivity index (χ1v) is 9.65. The van der Waals surface area contributed by atoms with Crippen molar-refractivity contribution in [2.45, 2.75) is 6.42 Å². The summed E-state index contributed by atoms with van der Waals surface area (Å²) in [6.45, 7) is 0. The van der Waals surface area contributed by atoms with Crippen LogP contribution in [-0.4, -0.2) is 16.4 Å². The summed E-state index contributed by atoms with van der Waals surface area (Å²) < 4.78 is 15.8. The van der Waals surface area contributed by atoms with Crippen molar-refractivity contribution in [3.05, 3.63) is 88.1 Å². The van der Waals surface area contributed by atoms with Gasteiger partial charge in [-0.2, -0.15) is 0 Å². The Hall–Kier alpha value is -3.45. The van der Waals surface area contributed by atoms with E-state index in [1.54, 1.807) is 36.4 Å². The Kier molecular flexibility index (Phi) is 5.37. The van der Waals surface area contributed by atoms with E-state index in [0.717, 1.165) is 0 Å². The van der Waals surface area contributed by atoms with Crippen LogP contribution in [-0.2, 0) is 9.59 Å². The van der Waals surface area contributed by atoms with Crippen LogP contribution >= 0.6 is 11.6 Å². The molecule has 1 fully saturated rings. The highest BCUT2D eigenvalue weighted by molar-refractivity contribution is 6.30. The Bertz CT molecular complexity index is 1180. The van der Waals surface area contributed by atoms with Crippen LogP contribution in [0.3, 0.4) is 0 Å². The van der Waals surface area contributed by atoms with Crippen LogP contribution in [0.2, 0.25) is 5.02 Å². The number of halogens is 2. The highest BCUT2D eigenvalue weighted by Gasteiger charge is 2.48. The molecule has 1 aromatic heterocycles. The first kappa shape index (κ1) is 19.8. The van der Waals surface area contributed by atoms with Crippen molar-refractivity contribution < 1.29 is 14.0 Å². The zero-order valence-electron chi connectivity index (χ0n) is 15.6. The molecule has 4 rings (SSSR count). The maximum absolute atomic E-state index is 14.5. The summed E-state index contributed by atoms with van der Waals surface area (Å²) >= 11 is 5.82. The van der Waals surface area contributed by atoms with Crippen LogP contribution in [0.15, 0.2) is 71.7 Å². The van der Waals surface area contributed by atoms with Crippen molar-refractivity contribution in [1.29, 1.82) is 0 Å². The topological polar surface area (TPSA) is 80.2 Å². The minimum atomic E-state index is -0.667. The maximum Gasteiger partial charge on any atom is 0.255 e. The molecule has 2 unspecified atom stereocenters. The average molecular weight is 426 g/mol. The third-order valence-corrected chi connectivity index (χ3v) is 5.14. The normalized spacial score (nSPS) is 17.3. The number of pyridine rings is 1. The zero-order valence-corrected chi connectivity index (χ0v) is 16.4. The first-order valence-electron chi connectivity index (χ1n) is 9.27. The summed E-state index contributed by atoms with van der Waals surface area (Å²) in [5.41, 5.74) is 0.647. The van der Waals surface area contributed by atoms with E-state index >= 15 is 0 Å². The van der Waals surface area contributed by atoms with E-state index in [9.17, 15) is 18.8 Å². The van der Waals surface area contributed by atoms with E-state index in [1.807, 2.05) is 0 Å². The van der Waals surface area contributed by atoms with Crippen molar-refractivity contribution in [1.82, 2.24) is 4.57 Å². The number of carbonyl (C=O) groups is 2. The number of nitrogens with zero attached hydrogens (tertiary/aromatic N) is 1. The molecule has 1 saturated carbocycles. The molecule has 3 aromatic rings. The summed E-state index contributed by atoms with van der Waals surface area (Å²) in [6, 6.07) is 15.4. The fourth-order valence-electron chi connectivity index (χ4n) is 3.16. The number of hydrogen-bond acceptors (Lipinski definition) is 3. The molecule has 2 atom stereocenters. The number of hydrogen-bond donors (Lipinski definition) is 2. The molecule has 1 aliphatic rings. The van der Waals surface area contributed by atoms with Crippen LogP contribution < -0.4 is 16.2 Å². The molecule has 0 saturated heterocycles. The Labute approximate surface area is 176 Å². The predicted molar refractivity (Wildman–Crippen MR) is 112 cm³/mol. The van der Waals surface area contributed by atoms with Gasteiger partial charge in [-0.15, -0.1) is 0 Å². The van der Waals surface area contributed by atoms with Gasteiger partial charge >= 0.3 is 0 Å². The molecule has 0 aliphatic heterocycles. The molecule has 30 heavy (non-hydrogen) atoms. The van der Waals surface area contributed by atoms with Gasteiger partial charge in [-0.25, -0.2) is 4.39 Å². The van der Waals surface area contributed by atoms with Crippen molar-refractivity contribution in [2.75, 3.05) is 10.6 Å². The van der Waals surface area contributed by atoms with E-state index in [0.29, 0.717) is 22.8 Å². The minimum Gasteiger partial charge on any atom is -0.326 e. The molecule has 2 aromatic carbocycles. The molecule has 2 N–H and O–H groups in total. The molecule has 0 spiro atoms. The van der Waals surface area contributed by atoms with Gasteiger partial charge in [0, 0.05) is 29.0 Å². The molecule has 0 radical (unpaired) electrons. The van der Waals surface area contributed by atoms with Crippen LogP contribution in [0.1, 0.15) is 6.42 Å². The molecule has 1 heterocycles. The van der Waals surface area contributed by atoms with Gasteiger partial charge in [0.05, 0.1) is 23.2 Å². The van der Waals surface area contributed by atoms with Gasteiger partial charge in [0.15, 0.2) is 0 Å². The quantitative estimate of drug-likeness (QED) is 0.651. The van der Waals surface area contributed by atoms with Gasteiger partial charge in [-0.3, -0.25) is 19.0 Å². The largest absolute Gasteiger partial charge is 0.326 e. The maximum atomic E-state index is 14.5. The monoisotopic (exact) mass is 425 g/mol. The summed E-state index contributed by atoms with van der Waals surface area (Å²) in [5.74, 6) is -2.34. The van der Waals surface area contributed by atoms with Crippen molar-refractivity contribution in [3.63, 3.8) is 0 Å². The molecule has 6 nitrogen and oxygen atoms in total. The molecular weight excluding hydrogens is 409 g/mol. The van der Waals surface area contributed by atoms with Crippen LogP contribution in [0.4, 0.5) is 15.8 Å². The molecule has 152 valence electrons. The Morgan fingerprint density at radius 1 is 0.967 bits per heavy atom. The van der Waals surface area contributed by atoms with E-state index < -0.39 is 23.6 Å². The van der Waals surface area contributed by atoms with E-state index in [1.165, 1.54) is 35.0 Å². The Morgan fingerprint density at radius 3 is 2.33 bits per heavy atom. The summed E-state index contributed by atoms with van der Waals surface area (Å²) in [7, 11) is 0. The summed E-state index contributed by atoms with van der Waals surface area (Å²) in [6.07, 6.45) is 1.92. The summed E-state index contributed by atoms with van der Waals surface area (Å²) in [4.78, 5) is 36.6. The second-order valence-corrected chi connectivity index (χ2v) is 7.44. The molecule has 8 heteroatoms. The highest BCUT2D eigenvalue weighted by atomic mass is 35.5. The lowest BCUT2D eigenvalue weighted by molar-refractivity contribution is -0.122. The lowest BCUT2D eigenvalue weighted by Crippen LogP contribution is -2.21. The number of rotatable bonds is 5. The van der Waals surface area contributed by atoms with Gasteiger partial charge in [-0.05, 0) is 48.9 Å². The molecule has 0 bridgehead atoms. The number of carbonyl (C=O) groups excluding carboxylic acids is 2. The lowest BCUT2D eigenvalue weighted by atomic mass is 10.2. The van der Waals surface area contributed by atoms with Gasteiger partial charge in [0.2, 0.25) is 11.8 Å².